The van der Waals surface area contributed by atoms with Crippen LogP contribution in [0, 0.1) is 6.92 Å². The number of aryl methyl sites for hydroxylation is 1. The molecule has 0 amide bonds. The summed E-state index contributed by atoms with van der Waals surface area (Å²) in [6, 6.07) is 9.85. The largest absolute Gasteiger partial charge is 0.491 e. The number of fused-ring (bicyclic) bond motifs is 2. The fraction of sp³-hybridized carbons (Fsp3) is 0.400. The molecule has 3 atom stereocenters. The molecule has 4 heterocycles. The molecule has 1 aliphatic heterocycles. The van der Waals surface area contributed by atoms with Gasteiger partial charge in [-0.25, -0.2) is 9.97 Å². The quantitative estimate of drug-likeness (QED) is 0.207. The summed E-state index contributed by atoms with van der Waals surface area (Å²) in [5.74, 6) is -0.0553. The van der Waals surface area contributed by atoms with E-state index in [-0.39, 0.29) is 12.2 Å². The molecule has 3 aromatic heterocycles. The number of halogens is 2. The van der Waals surface area contributed by atoms with Crippen LogP contribution in [0.5, 0.6) is 5.75 Å². The summed E-state index contributed by atoms with van der Waals surface area (Å²) in [4.78, 5) is 13.0. The third kappa shape index (κ3) is 5.01. The second-order valence-electron chi connectivity index (χ2n) is 9.02. The lowest BCUT2D eigenvalue weighted by atomic mass is 10.2. The third-order valence-electron chi connectivity index (χ3n) is 6.16. The van der Waals surface area contributed by atoms with E-state index in [0.29, 0.717) is 23.8 Å². The molecule has 1 saturated heterocycles. The number of aromatic nitrogens is 4. The van der Waals surface area contributed by atoms with Gasteiger partial charge in [-0.05, 0) is 61.0 Å². The summed E-state index contributed by atoms with van der Waals surface area (Å²) < 4.78 is 27.5. The molecule has 1 aliphatic rings. The van der Waals surface area contributed by atoms with Gasteiger partial charge in [0.25, 0.3) is 0 Å². The van der Waals surface area contributed by atoms with Gasteiger partial charge in [0, 0.05) is 41.3 Å². The van der Waals surface area contributed by atoms with Crippen molar-refractivity contribution in [2.45, 2.75) is 51.4 Å². The van der Waals surface area contributed by atoms with E-state index in [1.54, 1.807) is 13.3 Å². The Hall–Kier alpha value is -2.30. The molecule has 8 nitrogen and oxygen atoms in total. The Morgan fingerprint density at radius 3 is 2.83 bits per heavy atom. The molecule has 184 valence electrons. The van der Waals surface area contributed by atoms with Crippen molar-refractivity contribution < 1.29 is 18.9 Å². The van der Waals surface area contributed by atoms with Gasteiger partial charge in [-0.15, -0.1) is 0 Å². The van der Waals surface area contributed by atoms with Crippen LogP contribution in [-0.2, 0) is 14.2 Å². The summed E-state index contributed by atoms with van der Waals surface area (Å²) in [6.45, 7) is 6.12. The molecule has 10 heteroatoms. The minimum Gasteiger partial charge on any atom is -0.491 e. The third-order valence-corrected chi connectivity index (χ3v) is 6.90. The van der Waals surface area contributed by atoms with Crippen LogP contribution >= 0.6 is 27.5 Å². The highest BCUT2D eigenvalue weighted by Crippen LogP contribution is 2.38. The van der Waals surface area contributed by atoms with E-state index < -0.39 is 12.0 Å². The van der Waals surface area contributed by atoms with Crippen molar-refractivity contribution in [2.24, 2.45) is 0 Å². The summed E-state index contributed by atoms with van der Waals surface area (Å²) >= 11 is 9.78. The molecule has 4 aromatic rings. The minimum absolute atomic E-state index is 0.208. The Kier molecular flexibility index (Phi) is 6.71. The Labute approximate surface area is 216 Å². The average Bonchev–Trinajstić information content (AvgIpc) is 3.37. The predicted molar refractivity (Wildman–Crippen MR) is 137 cm³/mol. The first kappa shape index (κ1) is 24.4. The molecular formula is C25H26BrClN4O4. The smallest absolute Gasteiger partial charge is 0.162 e. The van der Waals surface area contributed by atoms with Crippen LogP contribution < -0.4 is 4.74 Å². The van der Waals surface area contributed by atoms with E-state index in [1.807, 2.05) is 55.7 Å². The monoisotopic (exact) mass is 560 g/mol. The average molecular weight is 562 g/mol. The number of pyridine rings is 1. The van der Waals surface area contributed by atoms with E-state index in [0.717, 1.165) is 32.2 Å². The zero-order valence-corrected chi connectivity index (χ0v) is 22.2. The second kappa shape index (κ2) is 9.63. The summed E-state index contributed by atoms with van der Waals surface area (Å²) in [7, 11) is 1.63. The first-order chi connectivity index (χ1) is 16.7. The van der Waals surface area contributed by atoms with Gasteiger partial charge >= 0.3 is 0 Å². The van der Waals surface area contributed by atoms with Crippen molar-refractivity contribution in [1.29, 1.82) is 0 Å². The fourth-order valence-electron chi connectivity index (χ4n) is 4.37. The number of hydrogen-bond donors (Lipinski definition) is 0. The maximum atomic E-state index is 6.49. The maximum absolute atomic E-state index is 6.49. The SMILES string of the molecule is COC(C)(C)O[C@@H]1C[C@@H](COc2ccc3cc(Br)cnc3c2)O[C@H]1n1c(C)cc2c(Cl)ncnc21. The maximum Gasteiger partial charge on any atom is 0.162 e. The van der Waals surface area contributed by atoms with Crippen molar-refractivity contribution in [3.05, 3.63) is 58.2 Å². The van der Waals surface area contributed by atoms with E-state index in [4.69, 9.17) is 30.5 Å². The van der Waals surface area contributed by atoms with E-state index >= 15 is 0 Å². The van der Waals surface area contributed by atoms with Gasteiger partial charge < -0.3 is 23.5 Å². The molecule has 0 N–H and O–H groups in total. The van der Waals surface area contributed by atoms with Crippen LogP contribution in [0.2, 0.25) is 5.15 Å². The number of methoxy groups -OCH3 is 1. The Bertz CT molecular complexity index is 1380. The lowest BCUT2D eigenvalue weighted by Crippen LogP contribution is -2.35. The van der Waals surface area contributed by atoms with Crippen molar-refractivity contribution in [2.75, 3.05) is 13.7 Å². The number of rotatable bonds is 7. The number of hydrogen-bond acceptors (Lipinski definition) is 7. The molecule has 1 aromatic carbocycles. The minimum atomic E-state index is -0.788. The number of benzene rings is 1. The molecule has 0 spiro atoms. The molecule has 35 heavy (non-hydrogen) atoms. The molecule has 0 aliphatic carbocycles. The van der Waals surface area contributed by atoms with Gasteiger partial charge in [-0.2, -0.15) is 0 Å². The van der Waals surface area contributed by atoms with Gasteiger partial charge in [0.1, 0.15) is 35.6 Å². The Morgan fingerprint density at radius 1 is 1.20 bits per heavy atom. The highest BCUT2D eigenvalue weighted by Gasteiger charge is 2.42. The summed E-state index contributed by atoms with van der Waals surface area (Å²) in [5, 5.41) is 2.21. The summed E-state index contributed by atoms with van der Waals surface area (Å²) in [5.41, 5.74) is 2.51. The van der Waals surface area contributed by atoms with E-state index in [1.165, 1.54) is 6.33 Å². The highest BCUT2D eigenvalue weighted by atomic mass is 79.9. The second-order valence-corrected chi connectivity index (χ2v) is 10.3. The lowest BCUT2D eigenvalue weighted by molar-refractivity contribution is -0.237. The standard InChI is InChI=1S/C25H26BrClN4O4/c1-14-7-19-22(27)29-13-30-23(19)31(14)24-21(35-25(2,3)32-4)10-18(34-24)12-33-17-6-5-15-8-16(26)11-28-20(15)9-17/h5-9,11,13,18,21,24H,10,12H2,1-4H3/t18-,21+,24+/m0/s1. The number of nitrogens with zero attached hydrogens (tertiary/aromatic N) is 4. The van der Waals surface area contributed by atoms with Gasteiger partial charge in [-0.3, -0.25) is 4.98 Å². The van der Waals surface area contributed by atoms with Gasteiger partial charge in [0.2, 0.25) is 0 Å². The molecule has 0 radical (unpaired) electrons. The van der Waals surface area contributed by atoms with Crippen LogP contribution in [0.15, 0.2) is 47.3 Å². The molecular weight excluding hydrogens is 536 g/mol. The zero-order valence-electron chi connectivity index (χ0n) is 19.9. The van der Waals surface area contributed by atoms with E-state index in [2.05, 4.69) is 30.9 Å². The topological polar surface area (TPSA) is 80.5 Å². The molecule has 0 saturated carbocycles. The van der Waals surface area contributed by atoms with Gasteiger partial charge in [0.15, 0.2) is 12.0 Å². The van der Waals surface area contributed by atoms with Gasteiger partial charge in [-0.1, -0.05) is 11.6 Å². The van der Waals surface area contributed by atoms with E-state index in [9.17, 15) is 0 Å². The molecule has 0 bridgehead atoms. The molecule has 1 fully saturated rings. The van der Waals surface area contributed by atoms with Crippen molar-refractivity contribution in [1.82, 2.24) is 19.5 Å². The highest BCUT2D eigenvalue weighted by molar-refractivity contribution is 9.10. The van der Waals surface area contributed by atoms with Crippen LogP contribution in [0.1, 0.15) is 32.2 Å². The predicted octanol–water partition coefficient (Wildman–Crippen LogP) is 5.84. The first-order valence-corrected chi connectivity index (χ1v) is 12.5. The normalized spacial score (nSPS) is 20.7. The summed E-state index contributed by atoms with van der Waals surface area (Å²) in [6.07, 6.45) is 2.91. The molecule has 0 unspecified atom stereocenters. The van der Waals surface area contributed by atoms with Gasteiger partial charge in [0.05, 0.1) is 17.0 Å². The Balaban J connectivity index is 1.39. The fourth-order valence-corrected chi connectivity index (χ4v) is 4.90. The van der Waals surface area contributed by atoms with Crippen molar-refractivity contribution >= 4 is 49.5 Å². The van der Waals surface area contributed by atoms with Crippen LogP contribution in [0.4, 0.5) is 0 Å². The first-order valence-electron chi connectivity index (χ1n) is 11.3. The van der Waals surface area contributed by atoms with Crippen molar-refractivity contribution in [3.63, 3.8) is 0 Å². The lowest BCUT2D eigenvalue weighted by Gasteiger charge is -2.30. The number of ether oxygens (including phenoxy) is 4. The molecule has 5 rings (SSSR count). The van der Waals surface area contributed by atoms with Crippen LogP contribution in [0.3, 0.4) is 0 Å². The van der Waals surface area contributed by atoms with Crippen molar-refractivity contribution in [3.8, 4) is 5.75 Å². The van der Waals surface area contributed by atoms with Crippen LogP contribution in [-0.4, -0.2) is 51.2 Å². The zero-order chi connectivity index (χ0) is 24.7. The Morgan fingerprint density at radius 2 is 2.03 bits per heavy atom. The van der Waals surface area contributed by atoms with Crippen LogP contribution in [0.25, 0.3) is 21.9 Å².